The summed E-state index contributed by atoms with van der Waals surface area (Å²) >= 11 is 0. The number of ether oxygens (including phenoxy) is 1. The summed E-state index contributed by atoms with van der Waals surface area (Å²) in [6.45, 7) is 2.71. The van der Waals surface area contributed by atoms with E-state index >= 15 is 0 Å². The van der Waals surface area contributed by atoms with Gasteiger partial charge in [-0.15, -0.1) is 0 Å². The maximum atomic E-state index is 13.1. The van der Waals surface area contributed by atoms with Crippen LogP contribution in [0.25, 0.3) is 0 Å². The van der Waals surface area contributed by atoms with E-state index in [9.17, 15) is 18.0 Å². The fraction of sp³-hybridized carbons (Fsp3) is 0.917. The molecule has 19 heavy (non-hydrogen) atoms. The smallest absolute Gasteiger partial charge is 0.406 e. The second-order valence-corrected chi connectivity index (χ2v) is 5.51. The summed E-state index contributed by atoms with van der Waals surface area (Å²) in [6.07, 6.45) is -4.41. The lowest BCUT2D eigenvalue weighted by Gasteiger charge is -2.37. The Balaban J connectivity index is 2.15. The third-order valence-electron chi connectivity index (χ3n) is 4.32. The maximum Gasteiger partial charge on any atom is 0.406 e. The van der Waals surface area contributed by atoms with Gasteiger partial charge in [0, 0.05) is 19.2 Å². The Labute approximate surface area is 109 Å². The first kappa shape index (κ1) is 14.6. The number of rotatable bonds is 2. The Morgan fingerprint density at radius 1 is 1.47 bits per heavy atom. The number of carboxylic acids is 1. The summed E-state index contributed by atoms with van der Waals surface area (Å²) in [5, 5.41) is 9.01. The summed E-state index contributed by atoms with van der Waals surface area (Å²) in [5.41, 5.74) is -2.61. The molecule has 0 aromatic carbocycles. The van der Waals surface area contributed by atoms with Crippen LogP contribution < -0.4 is 0 Å². The quantitative estimate of drug-likeness (QED) is 0.838. The molecule has 3 unspecified atom stereocenters. The molecule has 2 saturated heterocycles. The highest BCUT2D eigenvalue weighted by molar-refractivity contribution is 5.76. The predicted octanol–water partition coefficient (Wildman–Crippen LogP) is 1.75. The Kier molecular flexibility index (Phi) is 3.79. The zero-order valence-corrected chi connectivity index (χ0v) is 10.7. The molecule has 4 nitrogen and oxygen atoms in total. The van der Waals surface area contributed by atoms with Crippen LogP contribution in [0.2, 0.25) is 0 Å². The van der Waals surface area contributed by atoms with Gasteiger partial charge in [-0.1, -0.05) is 6.92 Å². The molecule has 0 aromatic heterocycles. The van der Waals surface area contributed by atoms with Gasteiger partial charge in [0.15, 0.2) is 5.41 Å². The third-order valence-corrected chi connectivity index (χ3v) is 4.32. The van der Waals surface area contributed by atoms with Gasteiger partial charge in [0.25, 0.3) is 0 Å². The first-order valence-corrected chi connectivity index (χ1v) is 6.40. The molecule has 2 aliphatic heterocycles. The average Bonchev–Trinajstić information content (AvgIpc) is 2.75. The van der Waals surface area contributed by atoms with Crippen LogP contribution in [0.1, 0.15) is 19.8 Å². The van der Waals surface area contributed by atoms with E-state index < -0.39 is 24.1 Å². The highest BCUT2D eigenvalue weighted by Crippen LogP contribution is 2.47. The average molecular weight is 281 g/mol. The van der Waals surface area contributed by atoms with Crippen molar-refractivity contribution in [1.29, 1.82) is 0 Å². The van der Waals surface area contributed by atoms with Crippen molar-refractivity contribution >= 4 is 5.97 Å². The molecule has 2 heterocycles. The maximum absolute atomic E-state index is 13.1. The number of carboxylic acid groups (broad SMARTS) is 1. The van der Waals surface area contributed by atoms with E-state index in [-0.39, 0.29) is 24.9 Å². The molecular formula is C12H18F3NO3. The lowest BCUT2D eigenvalue weighted by atomic mass is 9.86. The van der Waals surface area contributed by atoms with Crippen molar-refractivity contribution in [1.82, 2.24) is 4.90 Å². The Bertz CT molecular complexity index is 361. The fourth-order valence-electron chi connectivity index (χ4n) is 3.06. The molecule has 0 spiro atoms. The molecule has 0 aromatic rings. The molecule has 3 atom stereocenters. The fourth-order valence-corrected chi connectivity index (χ4v) is 3.06. The molecule has 0 saturated carbocycles. The van der Waals surface area contributed by atoms with Crippen LogP contribution in [0.15, 0.2) is 0 Å². The topological polar surface area (TPSA) is 49.8 Å². The van der Waals surface area contributed by atoms with Gasteiger partial charge in [0.2, 0.25) is 0 Å². The van der Waals surface area contributed by atoms with Crippen molar-refractivity contribution in [2.45, 2.75) is 32.0 Å². The van der Waals surface area contributed by atoms with Crippen molar-refractivity contribution < 1.29 is 27.8 Å². The summed E-state index contributed by atoms with van der Waals surface area (Å²) < 4.78 is 44.5. The molecule has 2 fully saturated rings. The lowest BCUT2D eigenvalue weighted by Crippen LogP contribution is -2.50. The number of halogens is 3. The lowest BCUT2D eigenvalue weighted by molar-refractivity contribution is -0.228. The minimum Gasteiger partial charge on any atom is -0.481 e. The Morgan fingerprint density at radius 2 is 2.16 bits per heavy atom. The van der Waals surface area contributed by atoms with Gasteiger partial charge < -0.3 is 9.84 Å². The largest absolute Gasteiger partial charge is 0.481 e. The Morgan fingerprint density at radius 3 is 2.63 bits per heavy atom. The van der Waals surface area contributed by atoms with Crippen molar-refractivity contribution in [3.63, 3.8) is 0 Å². The van der Waals surface area contributed by atoms with Crippen LogP contribution in [-0.2, 0) is 9.53 Å². The van der Waals surface area contributed by atoms with E-state index in [2.05, 4.69) is 0 Å². The second-order valence-electron chi connectivity index (χ2n) is 5.51. The first-order chi connectivity index (χ1) is 8.78. The summed E-state index contributed by atoms with van der Waals surface area (Å²) in [6, 6.07) is -0.0164. The van der Waals surface area contributed by atoms with E-state index in [0.29, 0.717) is 19.6 Å². The number of hydrogen-bond donors (Lipinski definition) is 1. The highest BCUT2D eigenvalue weighted by atomic mass is 19.4. The van der Waals surface area contributed by atoms with E-state index in [0.717, 1.165) is 0 Å². The number of aliphatic carboxylic acids is 1. The molecule has 0 aliphatic carbocycles. The van der Waals surface area contributed by atoms with Crippen molar-refractivity contribution in [2.75, 3.05) is 26.3 Å². The highest BCUT2D eigenvalue weighted by Gasteiger charge is 2.64. The van der Waals surface area contributed by atoms with E-state index in [1.165, 1.54) is 0 Å². The summed E-state index contributed by atoms with van der Waals surface area (Å²) in [4.78, 5) is 12.8. The van der Waals surface area contributed by atoms with Crippen molar-refractivity contribution in [3.8, 4) is 0 Å². The van der Waals surface area contributed by atoms with Crippen LogP contribution in [-0.4, -0.2) is 54.5 Å². The van der Waals surface area contributed by atoms with Gasteiger partial charge in [-0.25, -0.2) is 0 Å². The van der Waals surface area contributed by atoms with E-state index in [1.807, 2.05) is 6.92 Å². The standard InChI is InChI=1S/C12H18F3NO3/c1-8-6-19-5-2-9(8)16-4-3-11(7-16,10(17)18)12(13,14)15/h8-9H,2-7H2,1H3,(H,17,18). The SMILES string of the molecule is CC1COCCC1N1CCC(C(=O)O)(C(F)(F)F)C1. The van der Waals surface area contributed by atoms with Gasteiger partial charge in [0.1, 0.15) is 0 Å². The Hall–Kier alpha value is -0.820. The summed E-state index contributed by atoms with van der Waals surface area (Å²) in [5.74, 6) is -1.63. The zero-order chi connectivity index (χ0) is 14.3. The predicted molar refractivity (Wildman–Crippen MR) is 60.7 cm³/mol. The van der Waals surface area contributed by atoms with E-state index in [1.54, 1.807) is 4.90 Å². The van der Waals surface area contributed by atoms with Gasteiger partial charge in [0.05, 0.1) is 6.61 Å². The van der Waals surface area contributed by atoms with Gasteiger partial charge >= 0.3 is 12.1 Å². The number of likely N-dealkylation sites (tertiary alicyclic amines) is 1. The summed E-state index contributed by atoms with van der Waals surface area (Å²) in [7, 11) is 0. The molecule has 2 rings (SSSR count). The normalized spacial score (nSPS) is 37.5. The van der Waals surface area contributed by atoms with Gasteiger partial charge in [-0.2, -0.15) is 13.2 Å². The molecule has 110 valence electrons. The molecule has 0 bridgehead atoms. The van der Waals surface area contributed by atoms with Crippen LogP contribution >= 0.6 is 0 Å². The second kappa shape index (κ2) is 4.94. The molecular weight excluding hydrogens is 263 g/mol. The van der Waals surface area contributed by atoms with Crippen LogP contribution in [0.5, 0.6) is 0 Å². The minimum atomic E-state index is -4.71. The molecule has 7 heteroatoms. The van der Waals surface area contributed by atoms with Crippen molar-refractivity contribution in [3.05, 3.63) is 0 Å². The first-order valence-electron chi connectivity index (χ1n) is 6.40. The van der Waals surface area contributed by atoms with Gasteiger partial charge in [-0.3, -0.25) is 9.69 Å². The number of hydrogen-bond acceptors (Lipinski definition) is 3. The zero-order valence-electron chi connectivity index (χ0n) is 10.7. The van der Waals surface area contributed by atoms with Crippen LogP contribution in [0, 0.1) is 11.3 Å². The molecule has 0 radical (unpaired) electrons. The van der Waals surface area contributed by atoms with E-state index in [4.69, 9.17) is 9.84 Å². The number of alkyl halides is 3. The van der Waals surface area contributed by atoms with Crippen molar-refractivity contribution in [2.24, 2.45) is 11.3 Å². The van der Waals surface area contributed by atoms with Crippen LogP contribution in [0.3, 0.4) is 0 Å². The van der Waals surface area contributed by atoms with Crippen LogP contribution in [0.4, 0.5) is 13.2 Å². The number of carbonyl (C=O) groups is 1. The number of nitrogens with zero attached hydrogens (tertiary/aromatic N) is 1. The third kappa shape index (κ3) is 2.45. The molecule has 2 aliphatic rings. The molecule has 0 amide bonds. The van der Waals surface area contributed by atoms with Gasteiger partial charge in [-0.05, 0) is 25.3 Å². The molecule has 1 N–H and O–H groups in total. The monoisotopic (exact) mass is 281 g/mol. The minimum absolute atomic E-state index is 0.0164.